The van der Waals surface area contributed by atoms with Crippen molar-refractivity contribution in [2.24, 2.45) is 0 Å². The number of carbonyl (C=O) groups is 2. The summed E-state index contributed by atoms with van der Waals surface area (Å²) in [6.07, 6.45) is 0. The standard InChI is InChI=1S/C23H25NO6/c1-6-28-22(26)17-13(4)30-14(5)18(23(27)29-7-2)19(17)16-11-15-10-8-9-12(3)20(15)24-21(16)25/h8-11,19H,6-7H2,1-5H3,(H,24,25). The molecule has 0 radical (unpaired) electrons. The average Bonchev–Trinajstić information content (AvgIpc) is 2.68. The van der Waals surface area contributed by atoms with Gasteiger partial charge in [0, 0.05) is 5.56 Å². The van der Waals surface area contributed by atoms with E-state index in [1.165, 1.54) is 0 Å². The molecule has 7 nitrogen and oxygen atoms in total. The highest BCUT2D eigenvalue weighted by Crippen LogP contribution is 2.41. The van der Waals surface area contributed by atoms with Crippen LogP contribution in [0.25, 0.3) is 10.9 Å². The van der Waals surface area contributed by atoms with Gasteiger partial charge in [-0.15, -0.1) is 0 Å². The molecule has 1 aliphatic heterocycles. The Balaban J connectivity index is 2.31. The molecule has 0 saturated carbocycles. The van der Waals surface area contributed by atoms with Gasteiger partial charge in [-0.2, -0.15) is 0 Å². The number of benzene rings is 1. The number of pyridine rings is 1. The molecule has 158 valence electrons. The summed E-state index contributed by atoms with van der Waals surface area (Å²) in [6, 6.07) is 7.34. The van der Waals surface area contributed by atoms with Gasteiger partial charge in [-0.25, -0.2) is 9.59 Å². The van der Waals surface area contributed by atoms with Gasteiger partial charge in [-0.3, -0.25) is 4.79 Å². The van der Waals surface area contributed by atoms with Gasteiger partial charge in [-0.05, 0) is 51.6 Å². The fourth-order valence-corrected chi connectivity index (χ4v) is 3.76. The number of hydrogen-bond donors (Lipinski definition) is 1. The molecule has 1 N–H and O–H groups in total. The van der Waals surface area contributed by atoms with E-state index >= 15 is 0 Å². The summed E-state index contributed by atoms with van der Waals surface area (Å²) in [4.78, 5) is 41.6. The Kier molecular flexibility index (Phi) is 6.10. The topological polar surface area (TPSA) is 94.7 Å². The Morgan fingerprint density at radius 1 is 1.00 bits per heavy atom. The number of aromatic nitrogens is 1. The third-order valence-corrected chi connectivity index (χ3v) is 5.06. The van der Waals surface area contributed by atoms with Crippen LogP contribution >= 0.6 is 0 Å². The lowest BCUT2D eigenvalue weighted by Gasteiger charge is -2.29. The summed E-state index contributed by atoms with van der Waals surface area (Å²) in [5.74, 6) is -1.68. The molecule has 2 aromatic rings. The smallest absolute Gasteiger partial charge is 0.338 e. The van der Waals surface area contributed by atoms with E-state index in [0.29, 0.717) is 5.52 Å². The van der Waals surface area contributed by atoms with Crippen LogP contribution in [0.3, 0.4) is 0 Å². The van der Waals surface area contributed by atoms with Crippen LogP contribution in [0.1, 0.15) is 44.7 Å². The molecule has 0 amide bonds. The van der Waals surface area contributed by atoms with Gasteiger partial charge in [0.15, 0.2) is 0 Å². The highest BCUT2D eigenvalue weighted by molar-refractivity contribution is 5.99. The average molecular weight is 411 g/mol. The minimum Gasteiger partial charge on any atom is -0.465 e. The second-order valence-corrected chi connectivity index (χ2v) is 7.01. The van der Waals surface area contributed by atoms with E-state index in [-0.39, 0.29) is 41.4 Å². The maximum absolute atomic E-state index is 13.1. The summed E-state index contributed by atoms with van der Waals surface area (Å²) in [7, 11) is 0. The fraction of sp³-hybridized carbons (Fsp3) is 0.348. The molecule has 2 heterocycles. The highest BCUT2D eigenvalue weighted by Gasteiger charge is 2.40. The Morgan fingerprint density at radius 2 is 1.57 bits per heavy atom. The molecular weight excluding hydrogens is 386 g/mol. The molecule has 0 aliphatic carbocycles. The third kappa shape index (κ3) is 3.75. The van der Waals surface area contributed by atoms with Crippen LogP contribution in [0.4, 0.5) is 0 Å². The second-order valence-electron chi connectivity index (χ2n) is 7.01. The number of hydrogen-bond acceptors (Lipinski definition) is 6. The lowest BCUT2D eigenvalue weighted by Crippen LogP contribution is -2.31. The van der Waals surface area contributed by atoms with Crippen molar-refractivity contribution in [3.63, 3.8) is 0 Å². The van der Waals surface area contributed by atoms with E-state index < -0.39 is 23.4 Å². The van der Waals surface area contributed by atoms with Gasteiger partial charge in [0.1, 0.15) is 11.5 Å². The van der Waals surface area contributed by atoms with Crippen LogP contribution in [0.2, 0.25) is 0 Å². The molecule has 0 bridgehead atoms. The molecule has 3 rings (SSSR count). The van der Waals surface area contributed by atoms with E-state index in [4.69, 9.17) is 14.2 Å². The molecule has 1 aromatic heterocycles. The molecule has 0 fully saturated rings. The second kappa shape index (κ2) is 8.57. The first-order valence-electron chi connectivity index (χ1n) is 9.86. The molecule has 0 spiro atoms. The number of carbonyl (C=O) groups excluding carboxylic acids is 2. The molecular formula is C23H25NO6. The largest absolute Gasteiger partial charge is 0.465 e. The van der Waals surface area contributed by atoms with Crippen molar-refractivity contribution >= 4 is 22.8 Å². The van der Waals surface area contributed by atoms with Gasteiger partial charge in [0.05, 0.1) is 35.8 Å². The summed E-state index contributed by atoms with van der Waals surface area (Å²) in [5, 5.41) is 0.790. The van der Waals surface area contributed by atoms with Crippen LogP contribution in [0.5, 0.6) is 0 Å². The first-order chi connectivity index (χ1) is 14.3. The fourth-order valence-electron chi connectivity index (χ4n) is 3.76. The normalized spacial score (nSPS) is 14.7. The van der Waals surface area contributed by atoms with Crippen molar-refractivity contribution in [2.75, 3.05) is 13.2 Å². The van der Waals surface area contributed by atoms with Crippen molar-refractivity contribution in [1.82, 2.24) is 4.98 Å². The van der Waals surface area contributed by atoms with Gasteiger partial charge >= 0.3 is 11.9 Å². The number of ether oxygens (including phenoxy) is 3. The van der Waals surface area contributed by atoms with E-state index in [0.717, 1.165) is 10.9 Å². The molecule has 0 unspecified atom stereocenters. The van der Waals surface area contributed by atoms with Gasteiger partial charge in [0.2, 0.25) is 0 Å². The lowest BCUT2D eigenvalue weighted by atomic mass is 9.81. The van der Waals surface area contributed by atoms with Crippen LogP contribution in [0.15, 0.2) is 51.7 Å². The summed E-state index contributed by atoms with van der Waals surface area (Å²) < 4.78 is 16.1. The third-order valence-electron chi connectivity index (χ3n) is 5.06. The molecule has 30 heavy (non-hydrogen) atoms. The van der Waals surface area contributed by atoms with Crippen LogP contribution in [0, 0.1) is 6.92 Å². The molecule has 1 aromatic carbocycles. The summed E-state index contributed by atoms with van der Waals surface area (Å²) in [6.45, 7) is 8.79. The van der Waals surface area contributed by atoms with E-state index in [1.54, 1.807) is 33.8 Å². The van der Waals surface area contributed by atoms with Crippen LogP contribution in [-0.2, 0) is 23.8 Å². The lowest BCUT2D eigenvalue weighted by molar-refractivity contribution is -0.140. The Labute approximate surface area is 174 Å². The molecule has 0 atom stereocenters. The van der Waals surface area contributed by atoms with E-state index in [2.05, 4.69) is 4.98 Å². The minimum atomic E-state index is -0.967. The Morgan fingerprint density at radius 3 is 2.10 bits per heavy atom. The zero-order valence-electron chi connectivity index (χ0n) is 17.8. The van der Waals surface area contributed by atoms with Crippen molar-refractivity contribution in [1.29, 1.82) is 0 Å². The van der Waals surface area contributed by atoms with Crippen molar-refractivity contribution in [3.05, 3.63) is 68.4 Å². The van der Waals surface area contributed by atoms with E-state index in [1.807, 2.05) is 25.1 Å². The maximum atomic E-state index is 13.1. The number of para-hydroxylation sites is 1. The van der Waals surface area contributed by atoms with Gasteiger partial charge in [-0.1, -0.05) is 18.2 Å². The monoisotopic (exact) mass is 411 g/mol. The summed E-state index contributed by atoms with van der Waals surface area (Å²) >= 11 is 0. The number of aromatic amines is 1. The Bertz CT molecular complexity index is 1100. The number of allylic oxidation sites excluding steroid dienone is 2. The molecule has 7 heteroatoms. The number of fused-ring (bicyclic) bond motifs is 1. The van der Waals surface area contributed by atoms with E-state index in [9.17, 15) is 14.4 Å². The highest BCUT2D eigenvalue weighted by atomic mass is 16.5. The predicted molar refractivity (Wildman–Crippen MR) is 112 cm³/mol. The zero-order chi connectivity index (χ0) is 22.0. The first-order valence-corrected chi connectivity index (χ1v) is 9.86. The van der Waals surface area contributed by atoms with Crippen molar-refractivity contribution < 1.29 is 23.8 Å². The van der Waals surface area contributed by atoms with Crippen LogP contribution in [-0.4, -0.2) is 30.1 Å². The maximum Gasteiger partial charge on any atom is 0.338 e. The SMILES string of the molecule is CCOC(=O)C1=C(C)OC(C)=C(C(=O)OCC)C1c1cc2cccc(C)c2[nH]c1=O. The first kappa shape index (κ1) is 21.4. The number of H-pyrrole nitrogens is 1. The zero-order valence-corrected chi connectivity index (χ0v) is 17.8. The van der Waals surface area contributed by atoms with Crippen molar-refractivity contribution in [3.8, 4) is 0 Å². The molecule has 0 saturated heterocycles. The van der Waals surface area contributed by atoms with Crippen molar-refractivity contribution in [2.45, 2.75) is 40.5 Å². The number of nitrogens with one attached hydrogen (secondary N) is 1. The predicted octanol–water partition coefficient (Wildman–Crippen LogP) is 3.62. The number of aryl methyl sites for hydroxylation is 1. The number of rotatable bonds is 5. The van der Waals surface area contributed by atoms with Crippen LogP contribution < -0.4 is 5.56 Å². The quantitative estimate of drug-likeness (QED) is 0.755. The minimum absolute atomic E-state index is 0.114. The van der Waals surface area contributed by atoms with Gasteiger partial charge < -0.3 is 19.2 Å². The summed E-state index contributed by atoms with van der Waals surface area (Å²) in [5.41, 5.74) is 1.70. The Hall–Kier alpha value is -3.35. The number of esters is 2. The van der Waals surface area contributed by atoms with Gasteiger partial charge in [0.25, 0.3) is 5.56 Å². The molecule has 1 aliphatic rings.